The summed E-state index contributed by atoms with van der Waals surface area (Å²) in [7, 11) is 0. The van der Waals surface area contributed by atoms with Gasteiger partial charge in [0.2, 0.25) is 0 Å². The summed E-state index contributed by atoms with van der Waals surface area (Å²) in [4.78, 5) is 21.4. The van der Waals surface area contributed by atoms with Crippen LogP contribution in [0.3, 0.4) is 0 Å². The number of rotatable bonds is 5. The molecule has 3 rings (SSSR count). The summed E-state index contributed by atoms with van der Waals surface area (Å²) < 4.78 is 0. The Bertz CT molecular complexity index is 998. The zero-order valence-electron chi connectivity index (χ0n) is 14.3. The molecular weight excluding hydrogens is 356 g/mol. The molecule has 2 aromatic carbocycles. The Kier molecular flexibility index (Phi) is 5.97. The summed E-state index contributed by atoms with van der Waals surface area (Å²) in [6.07, 6.45) is 4.55. The Morgan fingerprint density at radius 1 is 0.852 bits per heavy atom. The number of nitrogens with zero attached hydrogens (tertiary/aromatic N) is 2. The van der Waals surface area contributed by atoms with E-state index in [1.807, 2.05) is 12.1 Å². The van der Waals surface area contributed by atoms with Gasteiger partial charge in [-0.25, -0.2) is 4.99 Å². The molecule has 0 aliphatic rings. The van der Waals surface area contributed by atoms with E-state index < -0.39 is 0 Å². The number of aliphatic hydroxyl groups is 1. The maximum Gasteiger partial charge on any atom is 0.198 e. The van der Waals surface area contributed by atoms with Crippen molar-refractivity contribution >= 4 is 35.0 Å². The lowest BCUT2D eigenvalue weighted by Crippen LogP contribution is -2.09. The summed E-state index contributed by atoms with van der Waals surface area (Å²) in [6, 6.07) is 21.1. The quantitative estimate of drug-likeness (QED) is 0.232. The van der Waals surface area contributed by atoms with Crippen LogP contribution in [0, 0.1) is 0 Å². The molecule has 0 atom stereocenters. The summed E-state index contributed by atoms with van der Waals surface area (Å²) in [5.41, 5.74) is 1.76. The standard InChI is InChI=1S/C22H16N2O2S/c25-20(16-7-3-1-4-8-16)19(21(26)17-9-5-2-6-10-17)15-24-22(27)18-11-13-23-14-12-18/h1-15,25H/b20-19+,24-15?. The number of allylic oxidation sites excluding steroid dienone is 1. The molecule has 0 aliphatic heterocycles. The lowest BCUT2D eigenvalue weighted by atomic mass is 10.00. The number of aliphatic hydroxyl groups excluding tert-OH is 1. The number of benzene rings is 2. The van der Waals surface area contributed by atoms with Crippen LogP contribution in [0.15, 0.2) is 95.8 Å². The van der Waals surface area contributed by atoms with Gasteiger partial charge in [-0.2, -0.15) is 0 Å². The number of ketones is 1. The summed E-state index contributed by atoms with van der Waals surface area (Å²) >= 11 is 5.30. The lowest BCUT2D eigenvalue weighted by molar-refractivity contribution is 0.104. The fourth-order valence-corrected chi connectivity index (χ4v) is 2.60. The first-order chi connectivity index (χ1) is 13.2. The van der Waals surface area contributed by atoms with Crippen LogP contribution in [-0.4, -0.2) is 27.1 Å². The van der Waals surface area contributed by atoms with E-state index in [9.17, 15) is 9.90 Å². The summed E-state index contributed by atoms with van der Waals surface area (Å²) in [5, 5.41) is 10.7. The highest BCUT2D eigenvalue weighted by Crippen LogP contribution is 2.19. The number of hydrogen-bond acceptors (Lipinski definition) is 4. The highest BCUT2D eigenvalue weighted by Gasteiger charge is 2.17. The van der Waals surface area contributed by atoms with Crippen molar-refractivity contribution < 1.29 is 9.90 Å². The Hall–Kier alpha value is -3.44. The first-order valence-corrected chi connectivity index (χ1v) is 8.64. The molecule has 1 heterocycles. The molecule has 0 spiro atoms. The van der Waals surface area contributed by atoms with Gasteiger partial charge in [-0.1, -0.05) is 72.9 Å². The molecule has 5 heteroatoms. The van der Waals surface area contributed by atoms with Crippen LogP contribution in [0.4, 0.5) is 0 Å². The monoisotopic (exact) mass is 372 g/mol. The van der Waals surface area contributed by atoms with Crippen molar-refractivity contribution in [1.82, 2.24) is 4.98 Å². The highest BCUT2D eigenvalue weighted by atomic mass is 32.1. The number of hydrogen-bond donors (Lipinski definition) is 1. The minimum atomic E-state index is -0.335. The number of pyridine rings is 1. The van der Waals surface area contributed by atoms with Crippen molar-refractivity contribution in [3.05, 3.63) is 107 Å². The van der Waals surface area contributed by atoms with Gasteiger partial charge in [0.15, 0.2) is 5.78 Å². The molecule has 0 saturated carbocycles. The predicted molar refractivity (Wildman–Crippen MR) is 111 cm³/mol. The maximum absolute atomic E-state index is 12.9. The fraction of sp³-hybridized carbons (Fsp3) is 0. The second-order valence-corrected chi connectivity index (χ2v) is 6.01. The van der Waals surface area contributed by atoms with E-state index in [-0.39, 0.29) is 17.1 Å². The van der Waals surface area contributed by atoms with Crippen molar-refractivity contribution in [1.29, 1.82) is 0 Å². The van der Waals surface area contributed by atoms with Crippen LogP contribution in [0.25, 0.3) is 5.76 Å². The normalized spacial score (nSPS) is 11.9. The van der Waals surface area contributed by atoms with Gasteiger partial charge in [0.05, 0.1) is 5.57 Å². The Labute approximate surface area is 162 Å². The molecule has 27 heavy (non-hydrogen) atoms. The van der Waals surface area contributed by atoms with Crippen LogP contribution < -0.4 is 0 Å². The van der Waals surface area contributed by atoms with Crippen molar-refractivity contribution in [2.45, 2.75) is 0 Å². The largest absolute Gasteiger partial charge is 0.506 e. The predicted octanol–water partition coefficient (Wildman–Crippen LogP) is 4.68. The zero-order chi connectivity index (χ0) is 19.1. The van der Waals surface area contributed by atoms with Crippen LogP contribution in [0.5, 0.6) is 0 Å². The van der Waals surface area contributed by atoms with E-state index in [0.29, 0.717) is 21.7 Å². The van der Waals surface area contributed by atoms with Gasteiger partial charge in [-0.15, -0.1) is 0 Å². The summed E-state index contributed by atoms with van der Waals surface area (Å²) in [5.74, 6) is -0.482. The maximum atomic E-state index is 12.9. The van der Waals surface area contributed by atoms with Gasteiger partial charge in [0.25, 0.3) is 0 Å². The molecule has 0 bridgehead atoms. The molecule has 0 aliphatic carbocycles. The molecule has 1 aromatic heterocycles. The van der Waals surface area contributed by atoms with Gasteiger partial charge < -0.3 is 5.11 Å². The second kappa shape index (κ2) is 8.78. The number of carbonyl (C=O) groups excluding carboxylic acids is 1. The molecule has 0 fully saturated rings. The van der Waals surface area contributed by atoms with E-state index in [4.69, 9.17) is 12.2 Å². The minimum absolute atomic E-state index is 0.0730. The van der Waals surface area contributed by atoms with Crippen LogP contribution in [-0.2, 0) is 0 Å². The third-order valence-electron chi connectivity index (χ3n) is 3.82. The summed E-state index contributed by atoms with van der Waals surface area (Å²) in [6.45, 7) is 0. The minimum Gasteiger partial charge on any atom is -0.506 e. The van der Waals surface area contributed by atoms with Gasteiger partial charge in [-0.05, 0) is 12.1 Å². The average Bonchev–Trinajstić information content (AvgIpc) is 2.75. The molecule has 3 aromatic rings. The molecule has 0 unspecified atom stereocenters. The molecule has 0 radical (unpaired) electrons. The average molecular weight is 372 g/mol. The SMILES string of the molecule is O=C(/C(C=NC(=S)c1ccncc1)=C(/O)c1ccccc1)c1ccccc1. The number of thiocarbonyl (C=S) groups is 1. The lowest BCUT2D eigenvalue weighted by Gasteiger charge is -2.07. The zero-order valence-corrected chi connectivity index (χ0v) is 15.1. The Balaban J connectivity index is 2.01. The van der Waals surface area contributed by atoms with Crippen molar-refractivity contribution in [3.63, 3.8) is 0 Å². The van der Waals surface area contributed by atoms with Gasteiger partial charge in [0, 0.05) is 35.3 Å². The van der Waals surface area contributed by atoms with Crippen molar-refractivity contribution in [3.8, 4) is 0 Å². The van der Waals surface area contributed by atoms with Gasteiger partial charge in [0.1, 0.15) is 10.7 Å². The molecule has 132 valence electrons. The van der Waals surface area contributed by atoms with E-state index >= 15 is 0 Å². The molecule has 0 amide bonds. The van der Waals surface area contributed by atoms with Crippen LogP contribution in [0.1, 0.15) is 21.5 Å². The van der Waals surface area contributed by atoms with Crippen LogP contribution >= 0.6 is 12.2 Å². The third kappa shape index (κ3) is 4.59. The van der Waals surface area contributed by atoms with Crippen LogP contribution in [0.2, 0.25) is 0 Å². The highest BCUT2D eigenvalue weighted by molar-refractivity contribution is 7.80. The van der Waals surface area contributed by atoms with Crippen molar-refractivity contribution in [2.75, 3.05) is 0 Å². The molecule has 4 nitrogen and oxygen atoms in total. The first kappa shape index (κ1) is 18.4. The van der Waals surface area contributed by atoms with E-state index in [0.717, 1.165) is 0 Å². The topological polar surface area (TPSA) is 62.5 Å². The van der Waals surface area contributed by atoms with Gasteiger partial charge >= 0.3 is 0 Å². The fourth-order valence-electron chi connectivity index (χ4n) is 2.42. The van der Waals surface area contributed by atoms with E-state index in [1.165, 1.54) is 6.21 Å². The second-order valence-electron chi connectivity index (χ2n) is 5.62. The Morgan fingerprint density at radius 3 is 2.00 bits per heavy atom. The number of aliphatic imine (C=N–C) groups is 1. The number of carbonyl (C=O) groups is 1. The first-order valence-electron chi connectivity index (χ1n) is 8.23. The van der Waals surface area contributed by atoms with E-state index in [2.05, 4.69) is 9.98 Å². The number of Topliss-reactive ketones (excluding diaryl/α,β-unsaturated/α-hetero) is 1. The smallest absolute Gasteiger partial charge is 0.198 e. The van der Waals surface area contributed by atoms with E-state index in [1.54, 1.807) is 73.1 Å². The van der Waals surface area contributed by atoms with Gasteiger partial charge in [-0.3, -0.25) is 9.78 Å². The molecule has 1 N–H and O–H groups in total. The molecule has 0 saturated heterocycles. The molecular formula is C22H16N2O2S. The number of aromatic nitrogens is 1. The third-order valence-corrected chi connectivity index (χ3v) is 4.16. The Morgan fingerprint density at radius 2 is 1.41 bits per heavy atom. The van der Waals surface area contributed by atoms with Crippen molar-refractivity contribution in [2.24, 2.45) is 4.99 Å².